The Hall–Kier alpha value is -2.38. The summed E-state index contributed by atoms with van der Waals surface area (Å²) in [5.74, 6) is 0.835. The largest absolute Gasteiger partial charge is 0.462 e. The lowest BCUT2D eigenvalue weighted by molar-refractivity contribution is -0.122. The van der Waals surface area contributed by atoms with Gasteiger partial charge in [-0.2, -0.15) is 0 Å². The molecule has 1 aromatic heterocycles. The van der Waals surface area contributed by atoms with Gasteiger partial charge in [0, 0.05) is 18.2 Å². The van der Waals surface area contributed by atoms with Crippen LogP contribution in [-0.4, -0.2) is 34.2 Å². The van der Waals surface area contributed by atoms with Crippen molar-refractivity contribution in [1.82, 2.24) is 4.90 Å². The monoisotopic (exact) mass is 429 g/mol. The van der Waals surface area contributed by atoms with Gasteiger partial charge in [-0.3, -0.25) is 9.69 Å². The molecule has 3 rings (SSSR count). The van der Waals surface area contributed by atoms with E-state index in [-0.39, 0.29) is 11.9 Å². The highest BCUT2D eigenvalue weighted by Gasteiger charge is 2.31. The Morgan fingerprint density at radius 3 is 2.62 bits per heavy atom. The number of carbonyl (C=O) groups is 2. The van der Waals surface area contributed by atoms with Crippen LogP contribution in [0.5, 0.6) is 0 Å². The lowest BCUT2D eigenvalue weighted by Gasteiger charge is -2.13. The predicted octanol–water partition coefficient (Wildman–Crippen LogP) is 5.51. The van der Waals surface area contributed by atoms with Gasteiger partial charge in [0.15, 0.2) is 0 Å². The standard InChI is InChI=1S/C22H23NO4S2/c1-3-5-6-13-23-20(24)19(29-22(23)28)14-17-11-12-18(27-17)15-7-9-16(10-8-15)21(25)26-4-2/h7-12,14H,3-6,13H2,1-2H3. The molecule has 0 N–H and O–H groups in total. The van der Waals surface area contributed by atoms with Gasteiger partial charge in [0.1, 0.15) is 15.8 Å². The summed E-state index contributed by atoms with van der Waals surface area (Å²) in [6, 6.07) is 10.7. The third kappa shape index (κ3) is 5.16. The van der Waals surface area contributed by atoms with Crippen molar-refractivity contribution >= 4 is 46.3 Å². The van der Waals surface area contributed by atoms with E-state index >= 15 is 0 Å². The highest BCUT2D eigenvalue weighted by Crippen LogP contribution is 2.34. The van der Waals surface area contributed by atoms with Crippen molar-refractivity contribution in [2.45, 2.75) is 33.1 Å². The molecule has 0 saturated carbocycles. The molecule has 0 atom stereocenters. The van der Waals surface area contributed by atoms with E-state index in [0.29, 0.717) is 39.5 Å². The van der Waals surface area contributed by atoms with Crippen LogP contribution >= 0.6 is 24.0 Å². The van der Waals surface area contributed by atoms with Gasteiger partial charge in [-0.05, 0) is 37.6 Å². The SMILES string of the molecule is CCCCCN1C(=O)C(=Cc2ccc(-c3ccc(C(=O)OCC)cc3)o2)SC1=S. The van der Waals surface area contributed by atoms with Crippen LogP contribution < -0.4 is 0 Å². The molecule has 1 fully saturated rings. The molecule has 1 aliphatic heterocycles. The number of nitrogens with zero attached hydrogens (tertiary/aromatic N) is 1. The fourth-order valence-electron chi connectivity index (χ4n) is 2.91. The van der Waals surface area contributed by atoms with Crippen LogP contribution in [0.3, 0.4) is 0 Å². The predicted molar refractivity (Wildman–Crippen MR) is 120 cm³/mol. The van der Waals surface area contributed by atoms with Crippen LogP contribution in [-0.2, 0) is 9.53 Å². The van der Waals surface area contributed by atoms with Crippen LogP contribution in [0.25, 0.3) is 17.4 Å². The van der Waals surface area contributed by atoms with E-state index in [0.717, 1.165) is 24.8 Å². The minimum Gasteiger partial charge on any atom is -0.462 e. The first-order chi connectivity index (χ1) is 14.0. The van der Waals surface area contributed by atoms with Gasteiger partial charge in [0.25, 0.3) is 5.91 Å². The molecular formula is C22H23NO4S2. The zero-order valence-corrected chi connectivity index (χ0v) is 18.1. The topological polar surface area (TPSA) is 59.8 Å². The quantitative estimate of drug-likeness (QED) is 0.238. The number of carbonyl (C=O) groups excluding carboxylic acids is 2. The minimum absolute atomic E-state index is 0.0622. The van der Waals surface area contributed by atoms with E-state index in [2.05, 4.69) is 6.92 Å². The lowest BCUT2D eigenvalue weighted by Crippen LogP contribution is -2.28. The van der Waals surface area contributed by atoms with Gasteiger partial charge in [0.05, 0.1) is 17.1 Å². The van der Waals surface area contributed by atoms with Gasteiger partial charge >= 0.3 is 5.97 Å². The molecule has 0 spiro atoms. The minimum atomic E-state index is -0.347. The Kier molecular flexibility index (Phi) is 7.28. The summed E-state index contributed by atoms with van der Waals surface area (Å²) < 4.78 is 11.5. The normalized spacial score (nSPS) is 15.4. The number of hydrogen-bond donors (Lipinski definition) is 0. The highest BCUT2D eigenvalue weighted by atomic mass is 32.2. The summed E-state index contributed by atoms with van der Waals surface area (Å²) in [5, 5.41) is 0. The number of esters is 1. The molecule has 5 nitrogen and oxygen atoms in total. The molecule has 1 aromatic carbocycles. The molecule has 2 heterocycles. The van der Waals surface area contributed by atoms with Gasteiger partial charge < -0.3 is 9.15 Å². The second-order valence-electron chi connectivity index (χ2n) is 6.54. The Morgan fingerprint density at radius 1 is 1.17 bits per heavy atom. The number of furan rings is 1. The van der Waals surface area contributed by atoms with Crippen molar-refractivity contribution in [3.8, 4) is 11.3 Å². The van der Waals surface area contributed by atoms with Gasteiger partial charge in [-0.1, -0.05) is 55.9 Å². The zero-order valence-electron chi connectivity index (χ0n) is 16.5. The van der Waals surface area contributed by atoms with Crippen molar-refractivity contribution < 1.29 is 18.7 Å². The molecule has 7 heteroatoms. The number of thiocarbonyl (C=S) groups is 1. The van der Waals surface area contributed by atoms with Crippen LogP contribution in [0.1, 0.15) is 49.2 Å². The van der Waals surface area contributed by atoms with Crippen LogP contribution in [0, 0.1) is 0 Å². The molecule has 1 saturated heterocycles. The van der Waals surface area contributed by atoms with Crippen LogP contribution in [0.4, 0.5) is 0 Å². The maximum atomic E-state index is 12.6. The first kappa shape index (κ1) is 21.3. The number of rotatable bonds is 8. The molecule has 1 aliphatic rings. The Labute approximate surface area is 180 Å². The summed E-state index contributed by atoms with van der Waals surface area (Å²) in [4.78, 5) is 26.6. The van der Waals surface area contributed by atoms with E-state index in [9.17, 15) is 9.59 Å². The number of hydrogen-bond acceptors (Lipinski definition) is 6. The van der Waals surface area contributed by atoms with Crippen molar-refractivity contribution in [2.75, 3.05) is 13.2 Å². The number of thioether (sulfide) groups is 1. The number of amides is 1. The summed E-state index contributed by atoms with van der Waals surface area (Å²) >= 11 is 6.66. The second-order valence-corrected chi connectivity index (χ2v) is 8.22. The van der Waals surface area contributed by atoms with Crippen molar-refractivity contribution in [3.05, 3.63) is 52.6 Å². The fourth-order valence-corrected chi connectivity index (χ4v) is 4.20. The first-order valence-electron chi connectivity index (χ1n) is 9.66. The van der Waals surface area contributed by atoms with E-state index in [1.165, 1.54) is 11.8 Å². The molecule has 0 bridgehead atoms. The molecule has 0 unspecified atom stereocenters. The Balaban J connectivity index is 1.71. The molecule has 29 heavy (non-hydrogen) atoms. The summed E-state index contributed by atoms with van der Waals surface area (Å²) in [5.41, 5.74) is 1.33. The maximum Gasteiger partial charge on any atom is 0.338 e. The van der Waals surface area contributed by atoms with Gasteiger partial charge in [-0.15, -0.1) is 0 Å². The average Bonchev–Trinajstić information content (AvgIpc) is 3.28. The first-order valence-corrected chi connectivity index (χ1v) is 10.9. The second kappa shape index (κ2) is 9.89. The molecular weight excluding hydrogens is 406 g/mol. The lowest BCUT2D eigenvalue weighted by atomic mass is 10.1. The van der Waals surface area contributed by atoms with Crippen LogP contribution in [0.15, 0.2) is 45.7 Å². The third-order valence-corrected chi connectivity index (χ3v) is 5.82. The van der Waals surface area contributed by atoms with Crippen LogP contribution in [0.2, 0.25) is 0 Å². The van der Waals surface area contributed by atoms with Crippen molar-refractivity contribution in [2.24, 2.45) is 0 Å². The molecule has 2 aromatic rings. The van der Waals surface area contributed by atoms with E-state index in [4.69, 9.17) is 21.4 Å². The van der Waals surface area contributed by atoms with Gasteiger partial charge in [-0.25, -0.2) is 4.79 Å². The average molecular weight is 430 g/mol. The Morgan fingerprint density at radius 2 is 1.93 bits per heavy atom. The van der Waals surface area contributed by atoms with E-state index in [1.54, 1.807) is 30.0 Å². The molecule has 152 valence electrons. The molecule has 1 amide bonds. The smallest absolute Gasteiger partial charge is 0.338 e. The number of benzene rings is 1. The third-order valence-electron chi connectivity index (χ3n) is 4.44. The van der Waals surface area contributed by atoms with Crippen molar-refractivity contribution in [3.63, 3.8) is 0 Å². The maximum absolute atomic E-state index is 12.6. The summed E-state index contributed by atoms with van der Waals surface area (Å²) in [6.07, 6.45) is 4.85. The van der Waals surface area contributed by atoms with E-state index in [1.807, 2.05) is 24.3 Å². The summed E-state index contributed by atoms with van der Waals surface area (Å²) in [6.45, 7) is 4.90. The van der Waals surface area contributed by atoms with E-state index < -0.39 is 0 Å². The summed E-state index contributed by atoms with van der Waals surface area (Å²) in [7, 11) is 0. The number of ether oxygens (including phenoxy) is 1. The van der Waals surface area contributed by atoms with Gasteiger partial charge in [0.2, 0.25) is 0 Å². The zero-order chi connectivity index (χ0) is 20.8. The molecule has 0 radical (unpaired) electrons. The number of unbranched alkanes of at least 4 members (excludes halogenated alkanes) is 2. The Bertz CT molecular complexity index is 931. The highest BCUT2D eigenvalue weighted by molar-refractivity contribution is 8.26. The van der Waals surface area contributed by atoms with Crippen molar-refractivity contribution in [1.29, 1.82) is 0 Å². The fraction of sp³-hybridized carbons (Fsp3) is 0.318. The molecule has 0 aliphatic carbocycles.